The van der Waals surface area contributed by atoms with Crippen molar-refractivity contribution < 1.29 is 19.7 Å². The Morgan fingerprint density at radius 3 is 2.48 bits per heavy atom. The van der Waals surface area contributed by atoms with Gasteiger partial charge in [-0.3, -0.25) is 4.90 Å². The van der Waals surface area contributed by atoms with Gasteiger partial charge in [0.15, 0.2) is 5.13 Å². The van der Waals surface area contributed by atoms with Crippen molar-refractivity contribution in [3.63, 3.8) is 0 Å². The Bertz CT molecular complexity index is 717. The summed E-state index contributed by atoms with van der Waals surface area (Å²) in [5, 5.41) is 21.6. The molecule has 1 fully saturated rings. The van der Waals surface area contributed by atoms with Crippen LogP contribution in [-0.4, -0.2) is 66.6 Å². The van der Waals surface area contributed by atoms with Gasteiger partial charge in [0.25, 0.3) is 0 Å². The second-order valence-electron chi connectivity index (χ2n) is 6.58. The number of hydrogen-bond donors (Lipinski definition) is 2. The fraction of sp³-hybridized carbons (Fsp3) is 0.526. The summed E-state index contributed by atoms with van der Waals surface area (Å²) in [6, 6.07) is 6.15. The zero-order chi connectivity index (χ0) is 19.2. The lowest BCUT2D eigenvalue weighted by atomic mass is 10.1. The summed E-state index contributed by atoms with van der Waals surface area (Å²) < 4.78 is 10.7. The van der Waals surface area contributed by atoms with Crippen LogP contribution in [0, 0.1) is 0 Å². The van der Waals surface area contributed by atoms with Crippen LogP contribution < -0.4 is 14.4 Å². The van der Waals surface area contributed by atoms with Crippen LogP contribution in [-0.2, 0) is 13.2 Å². The van der Waals surface area contributed by atoms with Gasteiger partial charge in [0.2, 0.25) is 0 Å². The lowest BCUT2D eigenvalue weighted by Crippen LogP contribution is -2.53. The zero-order valence-corrected chi connectivity index (χ0v) is 16.6. The Morgan fingerprint density at radius 2 is 1.89 bits per heavy atom. The molecule has 0 bridgehead atoms. The normalized spacial score (nSPS) is 17.9. The molecule has 0 aliphatic carbocycles. The Morgan fingerprint density at radius 1 is 1.15 bits per heavy atom. The fourth-order valence-electron chi connectivity index (χ4n) is 3.40. The number of benzene rings is 1. The smallest absolute Gasteiger partial charge is 0.185 e. The van der Waals surface area contributed by atoms with Crippen molar-refractivity contribution in [1.82, 2.24) is 9.88 Å². The first-order valence-corrected chi connectivity index (χ1v) is 9.91. The van der Waals surface area contributed by atoms with Gasteiger partial charge < -0.3 is 24.6 Å². The molecular formula is C19H27N3O4S. The molecule has 1 aromatic carbocycles. The Labute approximate surface area is 163 Å². The van der Waals surface area contributed by atoms with Crippen molar-refractivity contribution >= 4 is 16.5 Å². The molecule has 0 radical (unpaired) electrons. The number of anilines is 1. The van der Waals surface area contributed by atoms with Crippen molar-refractivity contribution in [1.29, 1.82) is 0 Å². The number of nitrogens with zero attached hydrogens (tertiary/aromatic N) is 3. The molecule has 27 heavy (non-hydrogen) atoms. The molecule has 2 heterocycles. The summed E-state index contributed by atoms with van der Waals surface area (Å²) >= 11 is 1.56. The van der Waals surface area contributed by atoms with E-state index in [0.29, 0.717) is 12.1 Å². The molecular weight excluding hydrogens is 366 g/mol. The Balaban J connectivity index is 1.72. The molecule has 2 aromatic rings. The van der Waals surface area contributed by atoms with Gasteiger partial charge in [0.05, 0.1) is 26.5 Å². The van der Waals surface area contributed by atoms with Crippen LogP contribution in [0.5, 0.6) is 11.5 Å². The maximum absolute atomic E-state index is 9.53. The molecule has 1 unspecified atom stereocenters. The molecule has 1 aromatic heterocycles. The molecule has 8 heteroatoms. The van der Waals surface area contributed by atoms with Crippen LogP contribution in [0.25, 0.3) is 0 Å². The number of rotatable bonds is 8. The number of aliphatic hydroxyl groups is 2. The predicted octanol–water partition coefficient (Wildman–Crippen LogP) is 1.73. The number of piperazine rings is 1. The monoisotopic (exact) mass is 393 g/mol. The molecule has 148 valence electrons. The van der Waals surface area contributed by atoms with Crippen molar-refractivity contribution in [2.24, 2.45) is 0 Å². The molecule has 0 saturated carbocycles. The number of aromatic nitrogens is 1. The molecule has 1 aliphatic rings. The van der Waals surface area contributed by atoms with Gasteiger partial charge in [-0.1, -0.05) is 0 Å². The van der Waals surface area contributed by atoms with E-state index in [2.05, 4.69) is 14.8 Å². The summed E-state index contributed by atoms with van der Waals surface area (Å²) in [7, 11) is 3.31. The Hall–Kier alpha value is -1.87. The van der Waals surface area contributed by atoms with E-state index in [1.165, 1.54) is 0 Å². The third kappa shape index (κ3) is 4.90. The maximum Gasteiger partial charge on any atom is 0.185 e. The highest BCUT2D eigenvalue weighted by Gasteiger charge is 2.28. The number of methoxy groups -OCH3 is 2. The molecule has 0 spiro atoms. The lowest BCUT2D eigenvalue weighted by Gasteiger charge is -2.41. The van der Waals surface area contributed by atoms with Crippen LogP contribution in [0.1, 0.15) is 17.7 Å². The predicted molar refractivity (Wildman–Crippen MR) is 106 cm³/mol. The standard InChI is InChI=1S/C19H27N3O4S/c1-25-17-7-14(8-18(9-17)26-2)10-21-4-5-22(11-16(21)3-6-23)19-20-15(12-24)13-27-19/h7-9,13,16,23-24H,3-6,10-12H2,1-2H3. The van der Waals surface area contributed by atoms with Gasteiger partial charge in [-0.2, -0.15) is 0 Å². The van der Waals surface area contributed by atoms with E-state index in [1.54, 1.807) is 25.6 Å². The van der Waals surface area contributed by atoms with Gasteiger partial charge in [0, 0.05) is 50.3 Å². The van der Waals surface area contributed by atoms with Crippen LogP contribution in [0.15, 0.2) is 23.6 Å². The van der Waals surface area contributed by atoms with E-state index in [9.17, 15) is 10.2 Å². The van der Waals surface area contributed by atoms with Crippen molar-refractivity contribution in [3.05, 3.63) is 34.8 Å². The number of thiazole rings is 1. The minimum Gasteiger partial charge on any atom is -0.497 e. The highest BCUT2D eigenvalue weighted by Crippen LogP contribution is 2.27. The number of aliphatic hydroxyl groups excluding tert-OH is 2. The van der Waals surface area contributed by atoms with E-state index in [1.807, 2.05) is 23.6 Å². The summed E-state index contributed by atoms with van der Waals surface area (Å²) in [5.74, 6) is 1.56. The van der Waals surface area contributed by atoms with Crippen LogP contribution in [0.2, 0.25) is 0 Å². The molecule has 1 aliphatic heterocycles. The minimum atomic E-state index is -0.0335. The fourth-order valence-corrected chi connectivity index (χ4v) is 4.26. The van der Waals surface area contributed by atoms with Crippen LogP contribution in [0.4, 0.5) is 5.13 Å². The van der Waals surface area contributed by atoms with Gasteiger partial charge in [0.1, 0.15) is 11.5 Å². The van der Waals surface area contributed by atoms with E-state index < -0.39 is 0 Å². The lowest BCUT2D eigenvalue weighted by molar-refractivity contribution is 0.135. The summed E-state index contributed by atoms with van der Waals surface area (Å²) in [6.07, 6.45) is 0.704. The van der Waals surface area contributed by atoms with Gasteiger partial charge in [-0.05, 0) is 24.1 Å². The quantitative estimate of drug-likeness (QED) is 0.707. The topological polar surface area (TPSA) is 78.3 Å². The number of ether oxygens (including phenoxy) is 2. The Kier molecular flexibility index (Phi) is 6.89. The number of hydrogen-bond acceptors (Lipinski definition) is 8. The van der Waals surface area contributed by atoms with Gasteiger partial charge in [-0.15, -0.1) is 11.3 Å². The summed E-state index contributed by atoms with van der Waals surface area (Å²) in [6.45, 7) is 3.43. The second-order valence-corrected chi connectivity index (χ2v) is 7.42. The zero-order valence-electron chi connectivity index (χ0n) is 15.8. The van der Waals surface area contributed by atoms with E-state index in [0.717, 1.165) is 48.4 Å². The maximum atomic E-state index is 9.53. The highest BCUT2D eigenvalue weighted by atomic mass is 32.1. The second kappa shape index (κ2) is 9.36. The molecule has 3 rings (SSSR count). The van der Waals surface area contributed by atoms with Crippen molar-refractivity contribution in [2.45, 2.75) is 25.6 Å². The van der Waals surface area contributed by atoms with Crippen molar-refractivity contribution in [3.8, 4) is 11.5 Å². The molecule has 2 N–H and O–H groups in total. The van der Waals surface area contributed by atoms with Crippen LogP contribution >= 0.6 is 11.3 Å². The largest absolute Gasteiger partial charge is 0.497 e. The van der Waals surface area contributed by atoms with Crippen LogP contribution in [0.3, 0.4) is 0 Å². The molecule has 7 nitrogen and oxygen atoms in total. The third-order valence-corrected chi connectivity index (χ3v) is 5.79. The average Bonchev–Trinajstić information content (AvgIpc) is 3.18. The van der Waals surface area contributed by atoms with Crippen molar-refractivity contribution in [2.75, 3.05) is 45.4 Å². The summed E-state index contributed by atoms with van der Waals surface area (Å²) in [4.78, 5) is 9.11. The van der Waals surface area contributed by atoms with E-state index in [-0.39, 0.29) is 19.3 Å². The van der Waals surface area contributed by atoms with E-state index >= 15 is 0 Å². The molecule has 0 amide bonds. The SMILES string of the molecule is COc1cc(CN2CCN(c3nc(CO)cs3)CC2CCO)cc(OC)c1. The summed E-state index contributed by atoms with van der Waals surface area (Å²) in [5.41, 5.74) is 1.83. The van der Waals surface area contributed by atoms with Gasteiger partial charge >= 0.3 is 0 Å². The minimum absolute atomic E-state index is 0.0335. The highest BCUT2D eigenvalue weighted by molar-refractivity contribution is 7.13. The first-order chi connectivity index (χ1) is 13.2. The molecule has 1 saturated heterocycles. The van der Waals surface area contributed by atoms with E-state index in [4.69, 9.17) is 9.47 Å². The first-order valence-electron chi connectivity index (χ1n) is 9.04. The first kappa shape index (κ1) is 19.9. The third-order valence-electron chi connectivity index (χ3n) is 4.84. The molecule has 1 atom stereocenters. The van der Waals surface area contributed by atoms with Gasteiger partial charge in [-0.25, -0.2) is 4.98 Å². The average molecular weight is 394 g/mol.